The summed E-state index contributed by atoms with van der Waals surface area (Å²) in [7, 11) is 0. The van der Waals surface area contributed by atoms with Crippen LogP contribution >= 0.6 is 0 Å². The van der Waals surface area contributed by atoms with E-state index in [1.807, 2.05) is 0 Å². The summed E-state index contributed by atoms with van der Waals surface area (Å²) < 4.78 is 10.7. The van der Waals surface area contributed by atoms with E-state index in [9.17, 15) is 4.79 Å². The highest BCUT2D eigenvalue weighted by Crippen LogP contribution is 2.09. The second-order valence-electron chi connectivity index (χ2n) is 3.97. The Morgan fingerprint density at radius 1 is 1.50 bits per heavy atom. The van der Waals surface area contributed by atoms with Crippen LogP contribution in [-0.4, -0.2) is 31.6 Å². The molecule has 1 N–H and O–H groups in total. The first-order valence-corrected chi connectivity index (χ1v) is 5.75. The van der Waals surface area contributed by atoms with Gasteiger partial charge < -0.3 is 14.5 Å². The number of Topliss-reactive ketones (excluding diaryl/α,β-unsaturated/α-hetero) is 1. The van der Waals surface area contributed by atoms with Crippen molar-refractivity contribution in [2.45, 2.75) is 25.4 Å². The van der Waals surface area contributed by atoms with Crippen LogP contribution in [0.1, 0.15) is 29.8 Å². The number of piperidine rings is 1. The predicted molar refractivity (Wildman–Crippen MR) is 59.5 cm³/mol. The van der Waals surface area contributed by atoms with Gasteiger partial charge in [0.25, 0.3) is 0 Å². The molecule has 0 atom stereocenters. The van der Waals surface area contributed by atoms with Gasteiger partial charge in [0.05, 0.1) is 19.0 Å². The van der Waals surface area contributed by atoms with Crippen molar-refractivity contribution in [3.63, 3.8) is 0 Å². The summed E-state index contributed by atoms with van der Waals surface area (Å²) in [4.78, 5) is 11.6. The molecule has 0 radical (unpaired) electrons. The zero-order chi connectivity index (χ0) is 11.2. The van der Waals surface area contributed by atoms with Crippen molar-refractivity contribution in [3.05, 3.63) is 24.2 Å². The molecule has 0 unspecified atom stereocenters. The summed E-state index contributed by atoms with van der Waals surface area (Å²) in [6.45, 7) is 2.51. The summed E-state index contributed by atoms with van der Waals surface area (Å²) in [6.07, 6.45) is 4.30. The molecule has 88 valence electrons. The fraction of sp³-hybridized carbons (Fsp3) is 0.583. The van der Waals surface area contributed by atoms with Gasteiger partial charge in [-0.25, -0.2) is 0 Å². The minimum absolute atomic E-state index is 0.0129. The number of nitrogens with one attached hydrogen (secondary N) is 1. The molecule has 1 aliphatic rings. The Kier molecular flexibility index (Phi) is 4.13. The van der Waals surface area contributed by atoms with E-state index in [1.165, 1.54) is 6.26 Å². The van der Waals surface area contributed by atoms with E-state index >= 15 is 0 Å². The minimum Gasteiger partial charge on any atom is -0.461 e. The lowest BCUT2D eigenvalue weighted by Gasteiger charge is -2.22. The maximum absolute atomic E-state index is 11.6. The van der Waals surface area contributed by atoms with Crippen LogP contribution in [-0.2, 0) is 4.74 Å². The number of carbonyl (C=O) groups is 1. The zero-order valence-corrected chi connectivity index (χ0v) is 9.28. The molecule has 1 saturated heterocycles. The van der Waals surface area contributed by atoms with E-state index in [0.717, 1.165) is 25.9 Å². The number of carbonyl (C=O) groups excluding carboxylic acids is 1. The van der Waals surface area contributed by atoms with Gasteiger partial charge in [0, 0.05) is 6.42 Å². The Labute approximate surface area is 95.0 Å². The smallest absolute Gasteiger partial charge is 0.200 e. The predicted octanol–water partition coefficient (Wildman–Crippen LogP) is 1.62. The molecule has 1 aromatic rings. The molecule has 0 spiro atoms. The maximum Gasteiger partial charge on any atom is 0.200 e. The van der Waals surface area contributed by atoms with Gasteiger partial charge in [-0.3, -0.25) is 4.79 Å². The average molecular weight is 223 g/mol. The number of furan rings is 1. The molecule has 0 bridgehead atoms. The van der Waals surface area contributed by atoms with Gasteiger partial charge in [0.15, 0.2) is 11.5 Å². The van der Waals surface area contributed by atoms with Crippen LogP contribution in [0.5, 0.6) is 0 Å². The Morgan fingerprint density at radius 2 is 2.31 bits per heavy atom. The third-order valence-electron chi connectivity index (χ3n) is 2.76. The topological polar surface area (TPSA) is 51.5 Å². The summed E-state index contributed by atoms with van der Waals surface area (Å²) in [6, 6.07) is 3.41. The first-order valence-electron chi connectivity index (χ1n) is 5.75. The molecule has 4 heteroatoms. The highest BCUT2D eigenvalue weighted by atomic mass is 16.5. The quantitative estimate of drug-likeness (QED) is 0.771. The molecule has 16 heavy (non-hydrogen) atoms. The first-order chi connectivity index (χ1) is 7.86. The molecule has 2 rings (SSSR count). The third kappa shape index (κ3) is 3.18. The molecule has 4 nitrogen and oxygen atoms in total. The zero-order valence-electron chi connectivity index (χ0n) is 9.28. The molecule has 1 fully saturated rings. The number of hydrogen-bond donors (Lipinski definition) is 1. The third-order valence-corrected chi connectivity index (χ3v) is 2.76. The second kappa shape index (κ2) is 5.82. The molecule has 1 aromatic heterocycles. The lowest BCUT2D eigenvalue weighted by molar-refractivity contribution is 0.0309. The van der Waals surface area contributed by atoms with E-state index in [4.69, 9.17) is 9.15 Å². The van der Waals surface area contributed by atoms with Crippen LogP contribution in [0.25, 0.3) is 0 Å². The molecule has 0 aliphatic carbocycles. The highest BCUT2D eigenvalue weighted by molar-refractivity contribution is 5.93. The van der Waals surface area contributed by atoms with Gasteiger partial charge in [-0.1, -0.05) is 0 Å². The van der Waals surface area contributed by atoms with Crippen LogP contribution in [0.4, 0.5) is 0 Å². The summed E-state index contributed by atoms with van der Waals surface area (Å²) in [5, 5.41) is 3.27. The van der Waals surface area contributed by atoms with Gasteiger partial charge in [-0.05, 0) is 38.1 Å². The molecule has 2 heterocycles. The Balaban J connectivity index is 1.66. The van der Waals surface area contributed by atoms with Crippen LogP contribution in [0, 0.1) is 0 Å². The molecular weight excluding hydrogens is 206 g/mol. The molecule has 0 aromatic carbocycles. The van der Waals surface area contributed by atoms with Crippen molar-refractivity contribution in [2.24, 2.45) is 0 Å². The van der Waals surface area contributed by atoms with Gasteiger partial charge in [0.1, 0.15) is 0 Å². The largest absolute Gasteiger partial charge is 0.461 e. The van der Waals surface area contributed by atoms with E-state index < -0.39 is 0 Å². The van der Waals surface area contributed by atoms with Gasteiger partial charge >= 0.3 is 0 Å². The lowest BCUT2D eigenvalue weighted by Crippen LogP contribution is -2.32. The Morgan fingerprint density at radius 3 is 3.00 bits per heavy atom. The Bertz CT molecular complexity index is 315. The fourth-order valence-corrected chi connectivity index (χ4v) is 1.84. The van der Waals surface area contributed by atoms with Crippen molar-refractivity contribution >= 4 is 5.78 Å². The first kappa shape index (κ1) is 11.4. The van der Waals surface area contributed by atoms with E-state index in [0.29, 0.717) is 24.9 Å². The highest BCUT2D eigenvalue weighted by Gasteiger charge is 2.14. The van der Waals surface area contributed by atoms with Crippen LogP contribution < -0.4 is 5.32 Å². The number of ketones is 1. The normalized spacial score (nSPS) is 17.5. The van der Waals surface area contributed by atoms with Gasteiger partial charge in [0.2, 0.25) is 0 Å². The monoisotopic (exact) mass is 223 g/mol. The van der Waals surface area contributed by atoms with Crippen molar-refractivity contribution in [3.8, 4) is 0 Å². The molecular formula is C12H17NO3. The minimum atomic E-state index is 0.0129. The lowest BCUT2D eigenvalue weighted by atomic mass is 10.1. The van der Waals surface area contributed by atoms with Gasteiger partial charge in [-0.15, -0.1) is 0 Å². The van der Waals surface area contributed by atoms with Crippen LogP contribution in [0.2, 0.25) is 0 Å². The van der Waals surface area contributed by atoms with E-state index in [1.54, 1.807) is 12.1 Å². The number of ether oxygens (including phenoxy) is 1. The van der Waals surface area contributed by atoms with Gasteiger partial charge in [-0.2, -0.15) is 0 Å². The van der Waals surface area contributed by atoms with Crippen LogP contribution in [0.3, 0.4) is 0 Å². The standard InChI is InChI=1S/C12H17NO3/c14-11(12-2-1-8-16-12)5-9-15-10-3-6-13-7-4-10/h1-2,8,10,13H,3-7,9H2. The maximum atomic E-state index is 11.6. The van der Waals surface area contributed by atoms with Crippen molar-refractivity contribution < 1.29 is 13.9 Å². The van der Waals surface area contributed by atoms with E-state index in [2.05, 4.69) is 5.32 Å². The van der Waals surface area contributed by atoms with E-state index in [-0.39, 0.29) is 5.78 Å². The van der Waals surface area contributed by atoms with Crippen LogP contribution in [0.15, 0.2) is 22.8 Å². The number of rotatable bonds is 5. The summed E-state index contributed by atoms with van der Waals surface area (Å²) >= 11 is 0. The fourth-order valence-electron chi connectivity index (χ4n) is 1.84. The SMILES string of the molecule is O=C(CCOC1CCNCC1)c1ccco1. The van der Waals surface area contributed by atoms with Crippen molar-refractivity contribution in [2.75, 3.05) is 19.7 Å². The number of hydrogen-bond acceptors (Lipinski definition) is 4. The molecule has 1 aliphatic heterocycles. The Hall–Kier alpha value is -1.13. The second-order valence-corrected chi connectivity index (χ2v) is 3.97. The summed E-state index contributed by atoms with van der Waals surface area (Å²) in [5.74, 6) is 0.438. The van der Waals surface area contributed by atoms with Crippen molar-refractivity contribution in [1.82, 2.24) is 5.32 Å². The molecule has 0 saturated carbocycles. The van der Waals surface area contributed by atoms with Crippen molar-refractivity contribution in [1.29, 1.82) is 0 Å². The average Bonchev–Trinajstić information content (AvgIpc) is 2.84. The molecule has 0 amide bonds. The summed E-state index contributed by atoms with van der Waals surface area (Å²) in [5.41, 5.74) is 0.